The van der Waals surface area contributed by atoms with E-state index in [1.165, 1.54) is 0 Å². The number of carbonyl (C=O) groups excluding carboxylic acids is 1. The van der Waals surface area contributed by atoms with Gasteiger partial charge in [-0.25, -0.2) is 9.59 Å². The van der Waals surface area contributed by atoms with E-state index in [9.17, 15) is 14.4 Å². The van der Waals surface area contributed by atoms with Crippen molar-refractivity contribution in [3.05, 3.63) is 0 Å². The van der Waals surface area contributed by atoms with Crippen LogP contribution in [0, 0.1) is 0 Å². The summed E-state index contributed by atoms with van der Waals surface area (Å²) in [5.74, 6) is -2.28. The number of nitrogens with zero attached hydrogens (tertiary/aromatic N) is 1. The van der Waals surface area contributed by atoms with E-state index in [-0.39, 0.29) is 18.9 Å². The van der Waals surface area contributed by atoms with Gasteiger partial charge in [-0.3, -0.25) is 4.79 Å². The molecule has 1 aliphatic rings. The fourth-order valence-corrected chi connectivity index (χ4v) is 2.28. The van der Waals surface area contributed by atoms with Crippen LogP contribution in [-0.2, 0) is 9.59 Å². The second-order valence-corrected chi connectivity index (χ2v) is 4.67. The van der Waals surface area contributed by atoms with Gasteiger partial charge in [-0.2, -0.15) is 0 Å². The molecule has 3 N–H and O–H groups in total. The first-order valence-corrected chi connectivity index (χ1v) is 6.47. The first kappa shape index (κ1) is 15.3. The van der Waals surface area contributed by atoms with Gasteiger partial charge in [0.1, 0.15) is 6.04 Å². The van der Waals surface area contributed by atoms with Crippen molar-refractivity contribution in [2.75, 3.05) is 6.54 Å². The highest BCUT2D eigenvalue weighted by Gasteiger charge is 2.30. The number of carboxylic acid groups (broad SMARTS) is 2. The van der Waals surface area contributed by atoms with Crippen molar-refractivity contribution >= 4 is 18.0 Å². The molecule has 0 radical (unpaired) electrons. The number of aliphatic carboxylic acids is 2. The van der Waals surface area contributed by atoms with E-state index in [4.69, 9.17) is 10.2 Å². The molecule has 0 aromatic heterocycles. The Balaban J connectivity index is 2.55. The van der Waals surface area contributed by atoms with Gasteiger partial charge in [0.2, 0.25) is 0 Å². The standard InChI is InChI=1S/C12H20N2O5/c1-2-8-4-3-7-14(8)12(19)13-9(11(17)18)5-6-10(15)16/h8-9H,2-7H2,1H3,(H,13,19)(H,15,16)(H,17,18)/t8?,9-/m0/s1. The lowest BCUT2D eigenvalue weighted by Gasteiger charge is -2.25. The lowest BCUT2D eigenvalue weighted by Crippen LogP contribution is -2.49. The lowest BCUT2D eigenvalue weighted by molar-refractivity contribution is -0.140. The summed E-state index contributed by atoms with van der Waals surface area (Å²) in [4.78, 5) is 35.1. The average molecular weight is 272 g/mol. The molecular formula is C12H20N2O5. The third-order valence-electron chi connectivity index (χ3n) is 3.35. The maximum absolute atomic E-state index is 12.0. The highest BCUT2D eigenvalue weighted by Crippen LogP contribution is 2.19. The Morgan fingerprint density at radius 1 is 1.37 bits per heavy atom. The van der Waals surface area contributed by atoms with Crippen LogP contribution in [0.3, 0.4) is 0 Å². The van der Waals surface area contributed by atoms with Crippen LogP contribution in [0.1, 0.15) is 39.0 Å². The van der Waals surface area contributed by atoms with Gasteiger partial charge in [0.25, 0.3) is 0 Å². The zero-order valence-corrected chi connectivity index (χ0v) is 11.0. The molecule has 1 heterocycles. The van der Waals surface area contributed by atoms with E-state index in [0.717, 1.165) is 19.3 Å². The third kappa shape index (κ3) is 4.42. The van der Waals surface area contributed by atoms with Crippen LogP contribution in [0.15, 0.2) is 0 Å². The van der Waals surface area contributed by atoms with Gasteiger partial charge in [-0.1, -0.05) is 6.92 Å². The molecule has 2 amide bonds. The summed E-state index contributed by atoms with van der Waals surface area (Å²) in [6.07, 6.45) is 2.28. The fourth-order valence-electron chi connectivity index (χ4n) is 2.28. The molecule has 1 fully saturated rings. The SMILES string of the molecule is CCC1CCCN1C(=O)N[C@@H](CCC(=O)O)C(=O)O. The molecule has 1 aliphatic heterocycles. The normalized spacial score (nSPS) is 20.1. The van der Waals surface area contributed by atoms with E-state index < -0.39 is 24.0 Å². The Morgan fingerprint density at radius 3 is 2.58 bits per heavy atom. The van der Waals surface area contributed by atoms with Gasteiger partial charge in [0.05, 0.1) is 0 Å². The zero-order chi connectivity index (χ0) is 14.4. The Kier molecular flexibility index (Phi) is 5.59. The molecule has 0 saturated carbocycles. The van der Waals surface area contributed by atoms with Crippen molar-refractivity contribution in [2.24, 2.45) is 0 Å². The quantitative estimate of drug-likeness (QED) is 0.665. The minimum atomic E-state index is -1.21. The number of amides is 2. The molecule has 1 saturated heterocycles. The topological polar surface area (TPSA) is 107 Å². The minimum absolute atomic E-state index is 0.110. The molecule has 0 spiro atoms. The van der Waals surface area contributed by atoms with Crippen LogP contribution in [0.2, 0.25) is 0 Å². The number of rotatable bonds is 6. The number of likely N-dealkylation sites (tertiary alicyclic amines) is 1. The summed E-state index contributed by atoms with van der Waals surface area (Å²) in [5, 5.41) is 19.9. The fraction of sp³-hybridized carbons (Fsp3) is 0.750. The van der Waals surface area contributed by atoms with Crippen molar-refractivity contribution in [1.29, 1.82) is 0 Å². The number of carboxylic acids is 2. The summed E-state index contributed by atoms with van der Waals surface area (Å²) in [5.41, 5.74) is 0. The Labute approximate surface area is 111 Å². The minimum Gasteiger partial charge on any atom is -0.481 e. The number of nitrogens with one attached hydrogen (secondary N) is 1. The molecule has 0 bridgehead atoms. The predicted octanol–water partition coefficient (Wildman–Crippen LogP) is 0.888. The van der Waals surface area contributed by atoms with Gasteiger partial charge in [-0.15, -0.1) is 0 Å². The van der Waals surface area contributed by atoms with Crippen LogP contribution in [0.5, 0.6) is 0 Å². The second-order valence-electron chi connectivity index (χ2n) is 4.67. The van der Waals surface area contributed by atoms with Gasteiger partial charge >= 0.3 is 18.0 Å². The monoisotopic (exact) mass is 272 g/mol. The highest BCUT2D eigenvalue weighted by atomic mass is 16.4. The van der Waals surface area contributed by atoms with Gasteiger partial charge < -0.3 is 20.4 Å². The summed E-state index contributed by atoms with van der Waals surface area (Å²) >= 11 is 0. The van der Waals surface area contributed by atoms with E-state index in [1.54, 1.807) is 4.90 Å². The number of hydrogen-bond donors (Lipinski definition) is 3. The highest BCUT2D eigenvalue weighted by molar-refractivity contribution is 5.83. The number of hydrogen-bond acceptors (Lipinski definition) is 3. The molecule has 2 atom stereocenters. The number of urea groups is 1. The summed E-state index contributed by atoms with van der Waals surface area (Å²) in [7, 11) is 0. The first-order chi connectivity index (χ1) is 8.95. The van der Waals surface area contributed by atoms with E-state index in [1.807, 2.05) is 6.92 Å². The first-order valence-electron chi connectivity index (χ1n) is 6.47. The largest absolute Gasteiger partial charge is 0.481 e. The van der Waals surface area contributed by atoms with Crippen LogP contribution >= 0.6 is 0 Å². The maximum Gasteiger partial charge on any atom is 0.326 e. The second kappa shape index (κ2) is 6.96. The van der Waals surface area contributed by atoms with Crippen LogP contribution in [-0.4, -0.2) is 51.7 Å². The molecule has 19 heavy (non-hydrogen) atoms. The summed E-state index contributed by atoms with van der Waals surface area (Å²) in [6.45, 7) is 2.60. The van der Waals surface area contributed by atoms with Crippen molar-refractivity contribution in [1.82, 2.24) is 10.2 Å². The van der Waals surface area contributed by atoms with Gasteiger partial charge in [-0.05, 0) is 25.7 Å². The van der Waals surface area contributed by atoms with Crippen LogP contribution in [0.25, 0.3) is 0 Å². The molecular weight excluding hydrogens is 252 g/mol. The van der Waals surface area contributed by atoms with E-state index in [2.05, 4.69) is 5.32 Å². The van der Waals surface area contributed by atoms with Gasteiger partial charge in [0.15, 0.2) is 0 Å². The van der Waals surface area contributed by atoms with Crippen LogP contribution in [0.4, 0.5) is 4.79 Å². The van der Waals surface area contributed by atoms with E-state index in [0.29, 0.717) is 6.54 Å². The van der Waals surface area contributed by atoms with Crippen molar-refractivity contribution < 1.29 is 24.6 Å². The molecule has 1 rings (SSSR count). The smallest absolute Gasteiger partial charge is 0.326 e. The van der Waals surface area contributed by atoms with E-state index >= 15 is 0 Å². The maximum atomic E-state index is 12.0. The molecule has 0 aromatic rings. The Hall–Kier alpha value is -1.79. The average Bonchev–Trinajstić information content (AvgIpc) is 2.81. The molecule has 7 heteroatoms. The number of carbonyl (C=O) groups is 3. The van der Waals surface area contributed by atoms with Crippen LogP contribution < -0.4 is 5.32 Å². The molecule has 0 aromatic carbocycles. The molecule has 1 unspecified atom stereocenters. The van der Waals surface area contributed by atoms with Crippen molar-refractivity contribution in [3.8, 4) is 0 Å². The Bertz CT molecular complexity index is 358. The van der Waals surface area contributed by atoms with Crippen molar-refractivity contribution in [2.45, 2.75) is 51.1 Å². The molecule has 7 nitrogen and oxygen atoms in total. The third-order valence-corrected chi connectivity index (χ3v) is 3.35. The van der Waals surface area contributed by atoms with Gasteiger partial charge in [0, 0.05) is 19.0 Å². The zero-order valence-electron chi connectivity index (χ0n) is 11.0. The van der Waals surface area contributed by atoms with Crippen molar-refractivity contribution in [3.63, 3.8) is 0 Å². The summed E-state index contributed by atoms with van der Waals surface area (Å²) < 4.78 is 0. The molecule has 108 valence electrons. The Morgan fingerprint density at radius 2 is 2.05 bits per heavy atom. The lowest BCUT2D eigenvalue weighted by atomic mass is 10.1. The molecule has 0 aliphatic carbocycles. The summed E-state index contributed by atoms with van der Waals surface area (Å²) in [6, 6.07) is -1.42. The predicted molar refractivity (Wildman–Crippen MR) is 66.8 cm³/mol.